The number of hydrogen-bond acceptors (Lipinski definition) is 4. The van der Waals surface area contributed by atoms with Gasteiger partial charge in [-0.25, -0.2) is 4.98 Å². The van der Waals surface area contributed by atoms with Gasteiger partial charge in [0.1, 0.15) is 12.1 Å². The number of para-hydroxylation sites is 2. The Hall–Kier alpha value is -3.09. The molecule has 1 unspecified atom stereocenters. The average Bonchev–Trinajstić information content (AvgIpc) is 3.37. The zero-order valence-corrected chi connectivity index (χ0v) is 15.0. The minimum atomic E-state index is -0.227. The van der Waals surface area contributed by atoms with Gasteiger partial charge in [-0.1, -0.05) is 12.1 Å². The molecule has 0 spiro atoms. The number of rotatable bonds is 5. The van der Waals surface area contributed by atoms with Crippen molar-refractivity contribution in [2.45, 2.75) is 25.2 Å². The van der Waals surface area contributed by atoms with E-state index in [9.17, 15) is 9.59 Å². The quantitative estimate of drug-likeness (QED) is 0.726. The molecule has 3 heterocycles. The maximum absolute atomic E-state index is 12.5. The number of carbonyl (C=O) groups is 2. The highest BCUT2D eigenvalue weighted by Crippen LogP contribution is 2.27. The fourth-order valence-electron chi connectivity index (χ4n) is 3.53. The van der Waals surface area contributed by atoms with E-state index in [-0.39, 0.29) is 24.2 Å². The molecule has 0 radical (unpaired) electrons. The molecule has 0 saturated carbocycles. The fraction of sp³-hybridized carbons (Fsp3) is 0.350. The monoisotopic (exact) mass is 366 g/mol. The topological polar surface area (TPSA) is 91.2 Å². The molecule has 0 bridgehead atoms. The van der Waals surface area contributed by atoms with Crippen molar-refractivity contribution in [1.29, 1.82) is 0 Å². The van der Waals surface area contributed by atoms with E-state index in [4.69, 9.17) is 4.42 Å². The number of likely N-dealkylation sites (tertiary alicyclic amines) is 1. The van der Waals surface area contributed by atoms with Crippen LogP contribution in [-0.4, -0.2) is 46.3 Å². The molecule has 2 N–H and O–H groups in total. The molecule has 140 valence electrons. The lowest BCUT2D eigenvalue weighted by atomic mass is 9.97. The van der Waals surface area contributed by atoms with Gasteiger partial charge >= 0.3 is 0 Å². The van der Waals surface area contributed by atoms with Crippen LogP contribution in [0.1, 0.15) is 41.4 Å². The van der Waals surface area contributed by atoms with Crippen LogP contribution in [0, 0.1) is 0 Å². The molecule has 2 aromatic heterocycles. The van der Waals surface area contributed by atoms with Gasteiger partial charge in [0.25, 0.3) is 5.91 Å². The Bertz CT molecular complexity index is 899. The van der Waals surface area contributed by atoms with Crippen LogP contribution in [0.3, 0.4) is 0 Å². The summed E-state index contributed by atoms with van der Waals surface area (Å²) in [6.07, 6.45) is 5.10. The maximum Gasteiger partial charge on any atom is 0.254 e. The second-order valence-electron chi connectivity index (χ2n) is 6.84. The van der Waals surface area contributed by atoms with Crippen LogP contribution < -0.4 is 5.32 Å². The molecule has 7 nitrogen and oxygen atoms in total. The number of aromatic nitrogens is 2. The number of benzene rings is 1. The molecule has 2 amide bonds. The molecule has 1 saturated heterocycles. The van der Waals surface area contributed by atoms with Crippen LogP contribution >= 0.6 is 0 Å². The van der Waals surface area contributed by atoms with E-state index < -0.39 is 0 Å². The Morgan fingerprint density at radius 2 is 2.19 bits per heavy atom. The third-order valence-electron chi connectivity index (χ3n) is 4.98. The van der Waals surface area contributed by atoms with Crippen molar-refractivity contribution >= 4 is 22.8 Å². The second kappa shape index (κ2) is 7.65. The van der Waals surface area contributed by atoms with Crippen LogP contribution in [0.25, 0.3) is 11.0 Å². The average molecular weight is 366 g/mol. The predicted octanol–water partition coefficient (Wildman–Crippen LogP) is 2.68. The molecule has 7 heteroatoms. The lowest BCUT2D eigenvalue weighted by Gasteiger charge is -2.32. The predicted molar refractivity (Wildman–Crippen MR) is 100 cm³/mol. The third kappa shape index (κ3) is 3.86. The second-order valence-corrected chi connectivity index (χ2v) is 6.84. The van der Waals surface area contributed by atoms with Crippen molar-refractivity contribution in [1.82, 2.24) is 20.2 Å². The number of fused-ring (bicyclic) bond motifs is 1. The molecule has 1 fully saturated rings. The standard InChI is InChI=1S/C20H22N4O3/c25-18(7-9-21-20(26)15-8-11-27-13-15)24-10-3-4-14(12-24)19-22-16-5-1-2-6-17(16)23-19/h1-2,5-6,8,11,13-14H,3-4,7,9-10,12H2,(H,21,26)(H,22,23). The molecule has 1 aliphatic rings. The number of carbonyl (C=O) groups excluding carboxylic acids is 2. The van der Waals surface area contributed by atoms with Gasteiger partial charge < -0.3 is 19.6 Å². The van der Waals surface area contributed by atoms with Crippen LogP contribution in [0.5, 0.6) is 0 Å². The summed E-state index contributed by atoms with van der Waals surface area (Å²) in [5.41, 5.74) is 2.45. The fourth-order valence-corrected chi connectivity index (χ4v) is 3.53. The van der Waals surface area contributed by atoms with Gasteiger partial charge in [-0.15, -0.1) is 0 Å². The first-order valence-corrected chi connectivity index (χ1v) is 9.23. The molecule has 0 aliphatic carbocycles. The number of imidazole rings is 1. The van der Waals surface area contributed by atoms with E-state index in [0.717, 1.165) is 36.2 Å². The smallest absolute Gasteiger partial charge is 0.254 e. The minimum absolute atomic E-state index is 0.0586. The first kappa shape index (κ1) is 17.3. The van der Waals surface area contributed by atoms with Crippen molar-refractivity contribution in [2.75, 3.05) is 19.6 Å². The zero-order valence-electron chi connectivity index (χ0n) is 15.0. The number of furan rings is 1. The van der Waals surface area contributed by atoms with Gasteiger partial charge in [0, 0.05) is 32.0 Å². The van der Waals surface area contributed by atoms with Crippen molar-refractivity contribution in [3.05, 3.63) is 54.2 Å². The SMILES string of the molecule is O=C(NCCC(=O)N1CCCC(c2nc3ccccc3[nH]2)C1)c1ccoc1. The maximum atomic E-state index is 12.5. The van der Waals surface area contributed by atoms with E-state index in [2.05, 4.69) is 15.3 Å². The van der Waals surface area contributed by atoms with Crippen molar-refractivity contribution in [3.63, 3.8) is 0 Å². The molecular formula is C20H22N4O3. The highest BCUT2D eigenvalue weighted by atomic mass is 16.3. The number of nitrogens with zero attached hydrogens (tertiary/aromatic N) is 2. The van der Waals surface area contributed by atoms with Crippen LogP contribution in [-0.2, 0) is 4.79 Å². The van der Waals surface area contributed by atoms with Gasteiger partial charge in [0.15, 0.2) is 0 Å². The Morgan fingerprint density at radius 3 is 3.00 bits per heavy atom. The van der Waals surface area contributed by atoms with Gasteiger partial charge in [-0.2, -0.15) is 0 Å². The van der Waals surface area contributed by atoms with Gasteiger partial charge in [0.05, 0.1) is 22.9 Å². The Kier molecular flexibility index (Phi) is 4.91. The number of piperidine rings is 1. The molecule has 1 aromatic carbocycles. The van der Waals surface area contributed by atoms with Gasteiger partial charge in [-0.3, -0.25) is 9.59 Å². The summed E-state index contributed by atoms with van der Waals surface area (Å²) in [6, 6.07) is 9.56. The summed E-state index contributed by atoms with van der Waals surface area (Å²) in [5, 5.41) is 2.75. The summed E-state index contributed by atoms with van der Waals surface area (Å²) in [5.74, 6) is 0.997. The summed E-state index contributed by atoms with van der Waals surface area (Å²) >= 11 is 0. The molecule has 27 heavy (non-hydrogen) atoms. The van der Waals surface area contributed by atoms with E-state index >= 15 is 0 Å². The largest absolute Gasteiger partial charge is 0.472 e. The van der Waals surface area contributed by atoms with Gasteiger partial charge in [-0.05, 0) is 31.0 Å². The molecule has 1 atom stereocenters. The van der Waals surface area contributed by atoms with E-state index in [0.29, 0.717) is 18.7 Å². The molecule has 4 rings (SSSR count). The van der Waals surface area contributed by atoms with Crippen molar-refractivity contribution < 1.29 is 14.0 Å². The van der Waals surface area contributed by atoms with E-state index in [1.165, 1.54) is 12.5 Å². The van der Waals surface area contributed by atoms with Crippen LogP contribution in [0.15, 0.2) is 47.3 Å². The first-order chi connectivity index (χ1) is 13.2. The number of hydrogen-bond donors (Lipinski definition) is 2. The first-order valence-electron chi connectivity index (χ1n) is 9.23. The number of nitrogens with one attached hydrogen (secondary N) is 2. The van der Waals surface area contributed by atoms with Crippen molar-refractivity contribution in [2.24, 2.45) is 0 Å². The lowest BCUT2D eigenvalue weighted by molar-refractivity contribution is -0.132. The summed E-state index contributed by atoms with van der Waals surface area (Å²) < 4.78 is 4.89. The van der Waals surface area contributed by atoms with E-state index in [1.807, 2.05) is 29.2 Å². The highest BCUT2D eigenvalue weighted by Gasteiger charge is 2.26. The lowest BCUT2D eigenvalue weighted by Crippen LogP contribution is -2.40. The Balaban J connectivity index is 1.32. The zero-order chi connectivity index (χ0) is 18.6. The van der Waals surface area contributed by atoms with Crippen LogP contribution in [0.4, 0.5) is 0 Å². The number of aromatic amines is 1. The van der Waals surface area contributed by atoms with E-state index in [1.54, 1.807) is 6.07 Å². The number of amides is 2. The normalized spacial score (nSPS) is 17.2. The van der Waals surface area contributed by atoms with Crippen LogP contribution in [0.2, 0.25) is 0 Å². The number of H-pyrrole nitrogens is 1. The molecule has 1 aliphatic heterocycles. The summed E-state index contributed by atoms with van der Waals surface area (Å²) in [4.78, 5) is 34.4. The highest BCUT2D eigenvalue weighted by molar-refractivity contribution is 5.94. The minimum Gasteiger partial charge on any atom is -0.472 e. The molecular weight excluding hydrogens is 344 g/mol. The third-order valence-corrected chi connectivity index (χ3v) is 4.98. The summed E-state index contributed by atoms with van der Waals surface area (Å²) in [6.45, 7) is 1.73. The van der Waals surface area contributed by atoms with Gasteiger partial charge in [0.2, 0.25) is 5.91 Å². The Morgan fingerprint density at radius 1 is 1.30 bits per heavy atom. The molecule has 3 aromatic rings. The van der Waals surface area contributed by atoms with Crippen molar-refractivity contribution in [3.8, 4) is 0 Å². The Labute approximate surface area is 156 Å². The summed E-state index contributed by atoms with van der Waals surface area (Å²) in [7, 11) is 0.